The molecule has 7 rings (SSSR count). The van der Waals surface area contributed by atoms with E-state index in [4.69, 9.17) is 4.74 Å². The van der Waals surface area contributed by atoms with Crippen LogP contribution in [0, 0.1) is 5.92 Å². The molecule has 0 spiro atoms. The Bertz CT molecular complexity index is 1470. The average Bonchev–Trinajstić information content (AvgIpc) is 3.84. The van der Waals surface area contributed by atoms with Gasteiger partial charge in [0.05, 0.1) is 6.04 Å². The van der Waals surface area contributed by atoms with E-state index in [-0.39, 0.29) is 18.6 Å². The number of aliphatic hydroxyl groups excluding tert-OH is 1. The molecule has 3 aliphatic rings. The SMILES string of the molecule is O[C@@H](COc1cccc2ccccc12)CN1CCN(C2c3ccccc3C(F)C(C3CC3)c3ccccc32)CC1. The summed E-state index contributed by atoms with van der Waals surface area (Å²) in [6.45, 7) is 4.30. The summed E-state index contributed by atoms with van der Waals surface area (Å²) in [7, 11) is 0. The topological polar surface area (TPSA) is 35.9 Å². The minimum Gasteiger partial charge on any atom is -0.490 e. The summed E-state index contributed by atoms with van der Waals surface area (Å²) in [5, 5.41) is 13.0. The summed E-state index contributed by atoms with van der Waals surface area (Å²) in [5.41, 5.74) is 4.44. The van der Waals surface area contributed by atoms with Crippen molar-refractivity contribution in [3.8, 4) is 5.75 Å². The number of halogens is 1. The minimum absolute atomic E-state index is 0.0520. The first-order valence-electron chi connectivity index (χ1n) is 14.7. The van der Waals surface area contributed by atoms with E-state index in [1.54, 1.807) is 0 Å². The van der Waals surface area contributed by atoms with Crippen molar-refractivity contribution in [3.05, 3.63) is 113 Å². The number of hydrogen-bond acceptors (Lipinski definition) is 4. The zero-order valence-electron chi connectivity index (χ0n) is 22.8. The van der Waals surface area contributed by atoms with Gasteiger partial charge in [-0.3, -0.25) is 9.80 Å². The highest BCUT2D eigenvalue weighted by molar-refractivity contribution is 5.88. The van der Waals surface area contributed by atoms with Crippen LogP contribution in [0.2, 0.25) is 0 Å². The highest BCUT2D eigenvalue weighted by atomic mass is 19.1. The Morgan fingerprint density at radius 3 is 2.12 bits per heavy atom. The van der Waals surface area contributed by atoms with Crippen LogP contribution in [-0.2, 0) is 0 Å². The normalized spacial score (nSPS) is 24.2. The van der Waals surface area contributed by atoms with Gasteiger partial charge >= 0.3 is 0 Å². The number of β-amino-alcohol motifs (C(OH)–C–C–N with tert-alkyl or cyclic N) is 1. The molecular formula is C35H37FN2O2. The minimum atomic E-state index is -0.965. The third kappa shape index (κ3) is 4.91. The first-order chi connectivity index (χ1) is 19.7. The van der Waals surface area contributed by atoms with Crippen molar-refractivity contribution in [2.24, 2.45) is 5.92 Å². The van der Waals surface area contributed by atoms with Gasteiger partial charge in [-0.05, 0) is 52.5 Å². The average molecular weight is 537 g/mol. The van der Waals surface area contributed by atoms with Crippen molar-refractivity contribution in [1.82, 2.24) is 9.80 Å². The molecule has 4 aromatic carbocycles. The van der Waals surface area contributed by atoms with Gasteiger partial charge in [-0.2, -0.15) is 0 Å². The first-order valence-corrected chi connectivity index (χ1v) is 14.7. The summed E-state index contributed by atoms with van der Waals surface area (Å²) < 4.78 is 22.3. The van der Waals surface area contributed by atoms with Crippen molar-refractivity contribution >= 4 is 10.8 Å². The molecule has 4 nitrogen and oxygen atoms in total. The van der Waals surface area contributed by atoms with E-state index in [0.717, 1.165) is 66.7 Å². The molecule has 2 aliphatic carbocycles. The zero-order chi connectivity index (χ0) is 27.1. The Hall–Kier alpha value is -3.25. The van der Waals surface area contributed by atoms with Crippen LogP contribution in [0.5, 0.6) is 5.75 Å². The van der Waals surface area contributed by atoms with Crippen LogP contribution < -0.4 is 4.74 Å². The standard InChI is InChI=1S/C35H37FN2O2/c36-34-29-12-4-6-14-31(29)35(30-13-5-3-11-28(30)33(34)25-16-17-25)38-20-18-37(19-21-38)22-26(39)23-40-32-15-7-9-24-8-1-2-10-27(24)32/h1-15,25-26,33-35,39H,16-23H2/t26-,33?,34?,35?/m1/s1. The number of aliphatic hydroxyl groups is 1. The van der Waals surface area contributed by atoms with E-state index in [0.29, 0.717) is 12.5 Å². The molecule has 206 valence electrons. The summed E-state index contributed by atoms with van der Waals surface area (Å²) >= 11 is 0. The summed E-state index contributed by atoms with van der Waals surface area (Å²) in [5.74, 6) is 1.20. The van der Waals surface area contributed by atoms with Crippen LogP contribution in [0.3, 0.4) is 0 Å². The van der Waals surface area contributed by atoms with Gasteiger partial charge in [-0.25, -0.2) is 4.39 Å². The molecule has 0 aromatic heterocycles. The second-order valence-corrected chi connectivity index (χ2v) is 11.7. The van der Waals surface area contributed by atoms with Crippen molar-refractivity contribution < 1.29 is 14.2 Å². The lowest BCUT2D eigenvalue weighted by atomic mass is 9.85. The van der Waals surface area contributed by atoms with E-state index < -0.39 is 12.3 Å². The maximum Gasteiger partial charge on any atom is 0.133 e. The number of nitrogens with zero attached hydrogens (tertiary/aromatic N) is 2. The molecule has 4 aromatic rings. The molecule has 1 saturated carbocycles. The number of hydrogen-bond donors (Lipinski definition) is 1. The number of ether oxygens (including phenoxy) is 1. The fourth-order valence-corrected chi connectivity index (χ4v) is 7.00. The van der Waals surface area contributed by atoms with Crippen molar-refractivity contribution in [2.75, 3.05) is 39.3 Å². The number of piperazine rings is 1. The van der Waals surface area contributed by atoms with Crippen LogP contribution in [-0.4, -0.2) is 60.3 Å². The van der Waals surface area contributed by atoms with E-state index in [1.165, 1.54) is 11.1 Å². The molecule has 40 heavy (non-hydrogen) atoms. The van der Waals surface area contributed by atoms with E-state index >= 15 is 4.39 Å². The van der Waals surface area contributed by atoms with Gasteiger partial charge < -0.3 is 9.84 Å². The molecule has 1 heterocycles. The number of fused-ring (bicyclic) bond motifs is 3. The molecule has 1 aliphatic heterocycles. The van der Waals surface area contributed by atoms with Crippen molar-refractivity contribution in [3.63, 3.8) is 0 Å². The maximum absolute atomic E-state index is 16.2. The molecular weight excluding hydrogens is 499 g/mol. The Balaban J connectivity index is 1.05. The predicted octanol–water partition coefficient (Wildman–Crippen LogP) is 6.50. The maximum atomic E-state index is 16.2. The highest BCUT2D eigenvalue weighted by Crippen LogP contribution is 2.55. The Morgan fingerprint density at radius 2 is 1.38 bits per heavy atom. The Kier molecular flexibility index (Phi) is 7.04. The summed E-state index contributed by atoms with van der Waals surface area (Å²) in [6, 6.07) is 31.0. The molecule has 5 heteroatoms. The largest absolute Gasteiger partial charge is 0.490 e. The monoisotopic (exact) mass is 536 g/mol. The van der Waals surface area contributed by atoms with Gasteiger partial charge in [0.15, 0.2) is 0 Å². The molecule has 3 unspecified atom stereocenters. The van der Waals surface area contributed by atoms with Crippen LogP contribution in [0.4, 0.5) is 4.39 Å². The number of benzene rings is 4. The highest BCUT2D eigenvalue weighted by Gasteiger charge is 2.44. The first kappa shape index (κ1) is 25.7. The van der Waals surface area contributed by atoms with E-state index in [2.05, 4.69) is 64.4 Å². The van der Waals surface area contributed by atoms with Crippen molar-refractivity contribution in [2.45, 2.75) is 37.1 Å². The smallest absolute Gasteiger partial charge is 0.133 e. The number of alkyl halides is 1. The summed E-state index contributed by atoms with van der Waals surface area (Å²) in [4.78, 5) is 4.85. The summed E-state index contributed by atoms with van der Waals surface area (Å²) in [6.07, 6.45) is 0.707. The fourth-order valence-electron chi connectivity index (χ4n) is 7.00. The molecule has 1 N–H and O–H groups in total. The molecule has 4 atom stereocenters. The van der Waals surface area contributed by atoms with Crippen LogP contribution in [0.15, 0.2) is 91.0 Å². The molecule has 0 radical (unpaired) electrons. The second kappa shape index (κ2) is 11.0. The van der Waals surface area contributed by atoms with Gasteiger partial charge in [-0.1, -0.05) is 84.9 Å². The Morgan fingerprint density at radius 1 is 0.750 bits per heavy atom. The van der Waals surface area contributed by atoms with E-state index in [9.17, 15) is 5.11 Å². The van der Waals surface area contributed by atoms with Gasteiger partial charge in [0.2, 0.25) is 0 Å². The lowest BCUT2D eigenvalue weighted by molar-refractivity contribution is 0.0403. The van der Waals surface area contributed by atoms with Crippen molar-refractivity contribution in [1.29, 1.82) is 0 Å². The van der Waals surface area contributed by atoms with Crippen LogP contribution >= 0.6 is 0 Å². The second-order valence-electron chi connectivity index (χ2n) is 11.7. The molecule has 0 amide bonds. The molecule has 1 saturated heterocycles. The number of rotatable bonds is 7. The fraction of sp³-hybridized carbons (Fsp3) is 0.371. The quantitative estimate of drug-likeness (QED) is 0.292. The Labute approximate surface area is 236 Å². The van der Waals surface area contributed by atoms with Gasteiger partial charge in [-0.15, -0.1) is 0 Å². The van der Waals surface area contributed by atoms with Gasteiger partial charge in [0.25, 0.3) is 0 Å². The molecule has 2 fully saturated rings. The van der Waals surface area contributed by atoms with Crippen LogP contribution in [0.1, 0.15) is 53.2 Å². The third-order valence-corrected chi connectivity index (χ3v) is 9.10. The van der Waals surface area contributed by atoms with Gasteiger partial charge in [0, 0.05) is 44.0 Å². The lowest BCUT2D eigenvalue weighted by Gasteiger charge is -2.40. The lowest BCUT2D eigenvalue weighted by Crippen LogP contribution is -2.50. The zero-order valence-corrected chi connectivity index (χ0v) is 22.8. The van der Waals surface area contributed by atoms with E-state index in [1.807, 2.05) is 36.4 Å². The predicted molar refractivity (Wildman–Crippen MR) is 158 cm³/mol. The third-order valence-electron chi connectivity index (χ3n) is 9.10. The van der Waals surface area contributed by atoms with Crippen LogP contribution in [0.25, 0.3) is 10.8 Å². The molecule has 0 bridgehead atoms. The van der Waals surface area contributed by atoms with Gasteiger partial charge in [0.1, 0.15) is 24.6 Å².